The van der Waals surface area contributed by atoms with Gasteiger partial charge in [0.15, 0.2) is 0 Å². The molecule has 80 valence electrons. The number of hydrogen-bond acceptors (Lipinski definition) is 1. The Bertz CT molecular complexity index is 641. The van der Waals surface area contributed by atoms with E-state index < -0.39 is 0 Å². The van der Waals surface area contributed by atoms with Crippen molar-refractivity contribution < 1.29 is 0 Å². The van der Waals surface area contributed by atoms with Gasteiger partial charge in [-0.3, -0.25) is 5.10 Å². The first-order valence-corrected chi connectivity index (χ1v) is 5.47. The van der Waals surface area contributed by atoms with E-state index in [0.29, 0.717) is 10.0 Å². The largest absolute Gasteiger partial charge is 0.312 e. The monoisotopic (exact) mass is 251 g/mol. The molecule has 1 N–H and O–H groups in total. The topological polar surface area (TPSA) is 33.6 Å². The Balaban J connectivity index is 2.39. The third-order valence-electron chi connectivity index (χ3n) is 2.51. The van der Waals surface area contributed by atoms with E-state index in [-0.39, 0.29) is 0 Å². The molecule has 0 radical (unpaired) electrons. The lowest BCUT2D eigenvalue weighted by atomic mass is 10.2. The predicted molar refractivity (Wildman–Crippen MR) is 65.4 cm³/mol. The van der Waals surface area contributed by atoms with Gasteiger partial charge < -0.3 is 4.57 Å². The van der Waals surface area contributed by atoms with Gasteiger partial charge in [0.2, 0.25) is 0 Å². The first-order chi connectivity index (χ1) is 7.77. The summed E-state index contributed by atoms with van der Waals surface area (Å²) in [5.74, 6) is 0. The molecule has 0 amide bonds. The van der Waals surface area contributed by atoms with E-state index in [9.17, 15) is 0 Å². The van der Waals surface area contributed by atoms with Crippen molar-refractivity contribution in [1.29, 1.82) is 0 Å². The molecule has 0 saturated heterocycles. The fourth-order valence-electron chi connectivity index (χ4n) is 1.75. The van der Waals surface area contributed by atoms with Gasteiger partial charge in [-0.2, -0.15) is 5.10 Å². The molecule has 0 spiro atoms. The van der Waals surface area contributed by atoms with Crippen molar-refractivity contribution in [3.8, 4) is 5.69 Å². The number of aromatic nitrogens is 3. The summed E-state index contributed by atoms with van der Waals surface area (Å²) >= 11 is 12.2. The Labute approximate surface area is 102 Å². The molecule has 0 fully saturated rings. The molecule has 2 heterocycles. The fraction of sp³-hybridized carbons (Fsp3) is 0. The molecule has 0 bridgehead atoms. The summed E-state index contributed by atoms with van der Waals surface area (Å²) < 4.78 is 1.95. The standard InChI is InChI=1S/C11H7Cl2N3/c12-9-2-1-7-3-4-16(11(7)10(9)13)8-5-14-15-6-8/h1-6H,(H,14,15). The first kappa shape index (κ1) is 9.75. The van der Waals surface area contributed by atoms with Crippen LogP contribution in [0, 0.1) is 0 Å². The zero-order valence-electron chi connectivity index (χ0n) is 8.11. The molecule has 3 aromatic rings. The first-order valence-electron chi connectivity index (χ1n) is 4.71. The highest BCUT2D eigenvalue weighted by atomic mass is 35.5. The number of hydrogen-bond donors (Lipinski definition) is 1. The number of aromatic amines is 1. The highest BCUT2D eigenvalue weighted by Crippen LogP contribution is 2.32. The van der Waals surface area contributed by atoms with Crippen LogP contribution in [0.15, 0.2) is 36.8 Å². The quantitative estimate of drug-likeness (QED) is 0.704. The Morgan fingerprint density at radius 2 is 2.06 bits per heavy atom. The summed E-state index contributed by atoms with van der Waals surface area (Å²) in [6.07, 6.45) is 5.48. The summed E-state index contributed by atoms with van der Waals surface area (Å²) in [6.45, 7) is 0. The minimum Gasteiger partial charge on any atom is -0.312 e. The van der Waals surface area contributed by atoms with Gasteiger partial charge in [0.05, 0.1) is 27.4 Å². The van der Waals surface area contributed by atoms with Crippen LogP contribution >= 0.6 is 23.2 Å². The van der Waals surface area contributed by atoms with E-state index in [1.54, 1.807) is 18.5 Å². The highest BCUT2D eigenvalue weighted by Gasteiger charge is 2.10. The molecule has 2 aromatic heterocycles. The van der Waals surface area contributed by atoms with Crippen LogP contribution in [0.1, 0.15) is 0 Å². The normalized spacial score (nSPS) is 11.1. The number of rotatable bonds is 1. The third kappa shape index (κ3) is 1.32. The molecule has 0 aliphatic carbocycles. The smallest absolute Gasteiger partial charge is 0.0838 e. The molecule has 16 heavy (non-hydrogen) atoms. The number of halogens is 2. The number of nitrogens with zero attached hydrogens (tertiary/aromatic N) is 2. The van der Waals surface area contributed by atoms with Gasteiger partial charge in [0.25, 0.3) is 0 Å². The summed E-state index contributed by atoms with van der Waals surface area (Å²) in [4.78, 5) is 0. The highest BCUT2D eigenvalue weighted by molar-refractivity contribution is 6.45. The van der Waals surface area contributed by atoms with Crippen molar-refractivity contribution in [3.63, 3.8) is 0 Å². The van der Waals surface area contributed by atoms with Gasteiger partial charge >= 0.3 is 0 Å². The summed E-state index contributed by atoms with van der Waals surface area (Å²) in [7, 11) is 0. The van der Waals surface area contributed by atoms with Crippen molar-refractivity contribution in [3.05, 3.63) is 46.8 Å². The zero-order chi connectivity index (χ0) is 11.1. The molecule has 1 aromatic carbocycles. The van der Waals surface area contributed by atoms with Crippen molar-refractivity contribution in [2.24, 2.45) is 0 Å². The summed E-state index contributed by atoms with van der Waals surface area (Å²) in [5.41, 5.74) is 1.83. The maximum absolute atomic E-state index is 6.21. The maximum atomic E-state index is 6.21. The van der Waals surface area contributed by atoms with Crippen LogP contribution in [0.3, 0.4) is 0 Å². The predicted octanol–water partition coefficient (Wildman–Crippen LogP) is 3.66. The third-order valence-corrected chi connectivity index (χ3v) is 3.30. The minimum atomic E-state index is 0.553. The van der Waals surface area contributed by atoms with E-state index >= 15 is 0 Å². The molecular weight excluding hydrogens is 245 g/mol. The van der Waals surface area contributed by atoms with Gasteiger partial charge in [-0.25, -0.2) is 0 Å². The second-order valence-electron chi connectivity index (χ2n) is 3.44. The second kappa shape index (κ2) is 3.54. The average molecular weight is 252 g/mol. The van der Waals surface area contributed by atoms with Crippen molar-refractivity contribution in [2.45, 2.75) is 0 Å². The lowest BCUT2D eigenvalue weighted by molar-refractivity contribution is 1.09. The van der Waals surface area contributed by atoms with Crippen molar-refractivity contribution in [2.75, 3.05) is 0 Å². The van der Waals surface area contributed by atoms with E-state index in [1.807, 2.05) is 22.9 Å². The molecular formula is C11H7Cl2N3. The number of nitrogens with one attached hydrogen (secondary N) is 1. The molecule has 0 aliphatic heterocycles. The van der Waals surface area contributed by atoms with Crippen LogP contribution < -0.4 is 0 Å². The van der Waals surface area contributed by atoms with Crippen molar-refractivity contribution >= 4 is 34.1 Å². The molecule has 0 saturated carbocycles. The van der Waals surface area contributed by atoms with Crippen LogP contribution in [-0.4, -0.2) is 14.8 Å². The maximum Gasteiger partial charge on any atom is 0.0838 e. The summed E-state index contributed by atoms with van der Waals surface area (Å²) in [6, 6.07) is 5.73. The van der Waals surface area contributed by atoms with Crippen LogP contribution in [0.25, 0.3) is 16.6 Å². The van der Waals surface area contributed by atoms with Gasteiger partial charge in [0.1, 0.15) is 0 Å². The lowest BCUT2D eigenvalue weighted by Crippen LogP contribution is -1.90. The Morgan fingerprint density at radius 3 is 2.81 bits per heavy atom. The molecule has 0 aliphatic rings. The molecule has 0 unspecified atom stereocenters. The number of fused-ring (bicyclic) bond motifs is 1. The van der Waals surface area contributed by atoms with Gasteiger partial charge in [-0.15, -0.1) is 0 Å². The van der Waals surface area contributed by atoms with E-state index in [0.717, 1.165) is 16.6 Å². The minimum absolute atomic E-state index is 0.553. The molecule has 5 heteroatoms. The number of benzene rings is 1. The zero-order valence-corrected chi connectivity index (χ0v) is 9.63. The molecule has 3 nitrogen and oxygen atoms in total. The van der Waals surface area contributed by atoms with Gasteiger partial charge in [-0.1, -0.05) is 29.3 Å². The van der Waals surface area contributed by atoms with Gasteiger partial charge in [0, 0.05) is 17.8 Å². The SMILES string of the molecule is Clc1ccc2ccn(-c3cn[nH]c3)c2c1Cl. The fourth-order valence-corrected chi connectivity index (χ4v) is 2.17. The van der Waals surface area contributed by atoms with Crippen LogP contribution in [0.5, 0.6) is 0 Å². The molecule has 3 rings (SSSR count). The average Bonchev–Trinajstić information content (AvgIpc) is 2.91. The summed E-state index contributed by atoms with van der Waals surface area (Å²) in [5, 5.41) is 8.85. The Kier molecular flexibility index (Phi) is 2.16. The Hall–Kier alpha value is -1.45. The van der Waals surface area contributed by atoms with Crippen LogP contribution in [0.2, 0.25) is 10.0 Å². The lowest BCUT2D eigenvalue weighted by Gasteiger charge is -2.04. The van der Waals surface area contributed by atoms with E-state index in [4.69, 9.17) is 23.2 Å². The second-order valence-corrected chi connectivity index (χ2v) is 4.23. The van der Waals surface area contributed by atoms with Gasteiger partial charge in [-0.05, 0) is 12.1 Å². The van der Waals surface area contributed by atoms with E-state index in [1.165, 1.54) is 0 Å². The van der Waals surface area contributed by atoms with E-state index in [2.05, 4.69) is 10.2 Å². The van der Waals surface area contributed by atoms with Crippen LogP contribution in [-0.2, 0) is 0 Å². The van der Waals surface area contributed by atoms with Crippen molar-refractivity contribution in [1.82, 2.24) is 14.8 Å². The number of H-pyrrole nitrogens is 1. The van der Waals surface area contributed by atoms with Crippen LogP contribution in [0.4, 0.5) is 0 Å². The Morgan fingerprint density at radius 1 is 1.19 bits per heavy atom. The molecule has 0 atom stereocenters.